The van der Waals surface area contributed by atoms with E-state index >= 15 is 0 Å². The maximum absolute atomic E-state index is 4.75. The molecular formula is C37H24N6. The number of hydrogen-bond acceptors (Lipinski definition) is 4. The molecule has 0 fully saturated rings. The van der Waals surface area contributed by atoms with Gasteiger partial charge >= 0.3 is 0 Å². The van der Waals surface area contributed by atoms with Crippen LogP contribution in [0.2, 0.25) is 0 Å². The quantitative estimate of drug-likeness (QED) is 0.220. The Balaban J connectivity index is 1.37. The molecule has 8 aromatic rings. The van der Waals surface area contributed by atoms with Crippen LogP contribution in [0, 0.1) is 0 Å². The fraction of sp³-hybridized carbons (Fsp3) is 0. The van der Waals surface area contributed by atoms with Gasteiger partial charge in [-0.25, -0.2) is 4.98 Å². The lowest BCUT2D eigenvalue weighted by Crippen LogP contribution is -2.12. The van der Waals surface area contributed by atoms with E-state index in [1.807, 2.05) is 18.3 Å². The van der Waals surface area contributed by atoms with Gasteiger partial charge in [-0.05, 0) is 59.7 Å². The van der Waals surface area contributed by atoms with Gasteiger partial charge in [-0.15, -0.1) is 0 Å². The lowest BCUT2D eigenvalue weighted by Gasteiger charge is -2.28. The summed E-state index contributed by atoms with van der Waals surface area (Å²) in [6.45, 7) is 0. The van der Waals surface area contributed by atoms with Gasteiger partial charge in [0.15, 0.2) is 0 Å². The minimum absolute atomic E-state index is 0.891. The number of anilines is 3. The largest absolute Gasteiger partial charge is 0.309 e. The number of nitrogens with zero attached hydrogens (tertiary/aromatic N) is 6. The van der Waals surface area contributed by atoms with Crippen molar-refractivity contribution in [2.75, 3.05) is 4.90 Å². The minimum atomic E-state index is 0.891. The van der Waals surface area contributed by atoms with E-state index in [9.17, 15) is 0 Å². The highest BCUT2D eigenvalue weighted by Gasteiger charge is 2.27. The molecule has 6 heteroatoms. The van der Waals surface area contributed by atoms with Crippen molar-refractivity contribution in [3.8, 4) is 33.8 Å². The van der Waals surface area contributed by atoms with Crippen molar-refractivity contribution in [2.45, 2.75) is 0 Å². The summed E-state index contributed by atoms with van der Waals surface area (Å²) >= 11 is 0. The highest BCUT2D eigenvalue weighted by Crippen LogP contribution is 2.51. The van der Waals surface area contributed by atoms with Crippen molar-refractivity contribution in [3.63, 3.8) is 0 Å². The monoisotopic (exact) mass is 552 g/mol. The second kappa shape index (κ2) is 9.26. The van der Waals surface area contributed by atoms with Gasteiger partial charge in [0.2, 0.25) is 0 Å². The van der Waals surface area contributed by atoms with Gasteiger partial charge in [0.05, 0.1) is 40.5 Å². The number of rotatable bonds is 3. The van der Waals surface area contributed by atoms with Crippen LogP contribution in [0.15, 0.2) is 146 Å². The van der Waals surface area contributed by atoms with Crippen molar-refractivity contribution >= 4 is 38.9 Å². The van der Waals surface area contributed by atoms with Crippen LogP contribution in [0.4, 0.5) is 17.1 Å². The molecule has 3 aromatic heterocycles. The van der Waals surface area contributed by atoms with E-state index in [1.54, 1.807) is 17.2 Å². The molecule has 4 heterocycles. The summed E-state index contributed by atoms with van der Waals surface area (Å²) in [7, 11) is 0. The zero-order chi connectivity index (χ0) is 28.3. The first-order valence-corrected chi connectivity index (χ1v) is 14.3. The first kappa shape index (κ1) is 23.7. The second-order valence-corrected chi connectivity index (χ2v) is 10.7. The molecule has 1 aliphatic rings. The molecule has 0 saturated carbocycles. The molecule has 0 unspecified atom stereocenters. The predicted octanol–water partition coefficient (Wildman–Crippen LogP) is 8.88. The molecule has 9 rings (SSSR count). The van der Waals surface area contributed by atoms with Crippen LogP contribution in [0.5, 0.6) is 0 Å². The number of benzene rings is 5. The topological polar surface area (TPSA) is 51.8 Å². The van der Waals surface area contributed by atoms with Crippen molar-refractivity contribution in [3.05, 3.63) is 146 Å². The van der Waals surface area contributed by atoms with Crippen LogP contribution in [-0.2, 0) is 0 Å². The van der Waals surface area contributed by atoms with E-state index in [0.29, 0.717) is 0 Å². The summed E-state index contributed by atoms with van der Waals surface area (Å²) in [5, 5.41) is 11.3. The van der Waals surface area contributed by atoms with Gasteiger partial charge < -0.3 is 4.90 Å². The van der Waals surface area contributed by atoms with E-state index in [0.717, 1.165) is 45.2 Å². The summed E-state index contributed by atoms with van der Waals surface area (Å²) < 4.78 is 2.26. The first-order valence-electron chi connectivity index (χ1n) is 14.3. The number of fused-ring (bicyclic) bond motifs is 8. The molecule has 0 bridgehead atoms. The summed E-state index contributed by atoms with van der Waals surface area (Å²) in [5.41, 5.74) is 11.1. The Morgan fingerprint density at radius 1 is 0.442 bits per heavy atom. The smallest absolute Gasteiger partial charge is 0.137 e. The molecule has 0 aliphatic carbocycles. The van der Waals surface area contributed by atoms with Gasteiger partial charge in [-0.3, -0.25) is 4.57 Å². The average Bonchev–Trinajstić information content (AvgIpc) is 3.70. The second-order valence-electron chi connectivity index (χ2n) is 10.7. The summed E-state index contributed by atoms with van der Waals surface area (Å²) in [4.78, 5) is 8.79. The zero-order valence-corrected chi connectivity index (χ0v) is 23.0. The van der Waals surface area contributed by atoms with Crippen LogP contribution >= 0.6 is 0 Å². The molecule has 0 saturated heterocycles. The molecule has 43 heavy (non-hydrogen) atoms. The summed E-state index contributed by atoms with van der Waals surface area (Å²) in [5.74, 6) is 0.891. The highest BCUT2D eigenvalue weighted by atomic mass is 15.5. The van der Waals surface area contributed by atoms with Crippen molar-refractivity contribution in [1.29, 1.82) is 0 Å². The SMILES string of the molecule is c1ccc(-n2c3ccccc3c3ccc(N4c5ccccc5-c5ccccc5-c5ccc(-n6nccn6)cc54)cc32)nc1. The zero-order valence-electron chi connectivity index (χ0n) is 23.0. The third kappa shape index (κ3) is 3.57. The number of pyridine rings is 1. The van der Waals surface area contributed by atoms with Crippen LogP contribution in [0.25, 0.3) is 55.6 Å². The van der Waals surface area contributed by atoms with Crippen LogP contribution < -0.4 is 4.90 Å². The predicted molar refractivity (Wildman–Crippen MR) is 173 cm³/mol. The van der Waals surface area contributed by atoms with Crippen LogP contribution in [0.1, 0.15) is 0 Å². The number of aromatic nitrogens is 5. The molecule has 202 valence electrons. The number of hydrogen-bond donors (Lipinski definition) is 0. The molecule has 1 aliphatic heterocycles. The van der Waals surface area contributed by atoms with Gasteiger partial charge in [0, 0.05) is 33.8 Å². The first-order chi connectivity index (χ1) is 21.3. The van der Waals surface area contributed by atoms with Gasteiger partial charge in [0.1, 0.15) is 5.82 Å². The molecule has 0 atom stereocenters. The normalized spacial score (nSPS) is 12.1. The molecule has 0 amide bonds. The Bertz CT molecular complexity index is 2300. The standard InChI is InChI=1S/C37H24N6/c1-2-10-28-27(9-1)29-11-3-5-13-33(29)41(35-24-26(17-19-31(28)35)43-39-21-22-40-43)25-16-18-32-30-12-4-6-14-34(30)42(36(32)23-25)37-15-7-8-20-38-37/h1-24H. The van der Waals surface area contributed by atoms with E-state index < -0.39 is 0 Å². The van der Waals surface area contributed by atoms with Crippen molar-refractivity contribution in [2.24, 2.45) is 0 Å². The molecule has 6 nitrogen and oxygen atoms in total. The average molecular weight is 553 g/mol. The van der Waals surface area contributed by atoms with E-state index in [-0.39, 0.29) is 0 Å². The lowest BCUT2D eigenvalue weighted by molar-refractivity contribution is 0.752. The van der Waals surface area contributed by atoms with Crippen LogP contribution in [0.3, 0.4) is 0 Å². The minimum Gasteiger partial charge on any atom is -0.309 e. The molecule has 0 radical (unpaired) electrons. The third-order valence-corrected chi connectivity index (χ3v) is 8.32. The van der Waals surface area contributed by atoms with Crippen molar-refractivity contribution < 1.29 is 0 Å². The number of para-hydroxylation sites is 2. The fourth-order valence-corrected chi connectivity index (χ4v) is 6.49. The summed E-state index contributed by atoms with van der Waals surface area (Å²) in [6, 6.07) is 45.1. The maximum Gasteiger partial charge on any atom is 0.137 e. The van der Waals surface area contributed by atoms with E-state index in [2.05, 4.69) is 135 Å². The van der Waals surface area contributed by atoms with Gasteiger partial charge in [0.25, 0.3) is 0 Å². The lowest BCUT2D eigenvalue weighted by atomic mass is 9.94. The molecule has 0 N–H and O–H groups in total. The highest BCUT2D eigenvalue weighted by molar-refractivity contribution is 6.11. The van der Waals surface area contributed by atoms with E-state index in [1.165, 1.54) is 27.5 Å². The Kier molecular flexibility index (Phi) is 5.10. The van der Waals surface area contributed by atoms with Crippen molar-refractivity contribution in [1.82, 2.24) is 24.5 Å². The molecule has 0 spiro atoms. The third-order valence-electron chi connectivity index (χ3n) is 8.32. The molecule has 5 aromatic carbocycles. The fourth-order valence-electron chi connectivity index (χ4n) is 6.49. The Labute approximate surface area is 247 Å². The Morgan fingerprint density at radius 2 is 1.12 bits per heavy atom. The maximum atomic E-state index is 4.75. The van der Waals surface area contributed by atoms with Gasteiger partial charge in [-0.2, -0.15) is 15.0 Å². The van der Waals surface area contributed by atoms with E-state index in [4.69, 9.17) is 4.98 Å². The summed E-state index contributed by atoms with van der Waals surface area (Å²) in [6.07, 6.45) is 5.26. The van der Waals surface area contributed by atoms with Gasteiger partial charge in [-0.1, -0.05) is 78.9 Å². The van der Waals surface area contributed by atoms with Crippen LogP contribution in [-0.4, -0.2) is 24.5 Å². The Morgan fingerprint density at radius 3 is 1.93 bits per heavy atom. The Hall–Kier alpha value is -6.01. The molecular weight excluding hydrogens is 528 g/mol.